The van der Waals surface area contributed by atoms with E-state index >= 15 is 0 Å². The molecule has 0 radical (unpaired) electrons. The minimum Gasteiger partial charge on any atom is -0.497 e. The van der Waals surface area contributed by atoms with E-state index < -0.39 is 18.4 Å². The number of rotatable bonds is 5. The van der Waals surface area contributed by atoms with Gasteiger partial charge in [0.25, 0.3) is 5.91 Å². The molecule has 1 N–H and O–H groups in total. The first-order valence-corrected chi connectivity index (χ1v) is 7.56. The molecule has 1 amide bonds. The lowest BCUT2D eigenvalue weighted by Gasteiger charge is -2.20. The second-order valence-electron chi connectivity index (χ2n) is 5.48. The van der Waals surface area contributed by atoms with E-state index in [1.165, 1.54) is 0 Å². The third-order valence-corrected chi connectivity index (χ3v) is 3.98. The van der Waals surface area contributed by atoms with Gasteiger partial charge in [-0.2, -0.15) is 8.78 Å². The lowest BCUT2D eigenvalue weighted by Crippen LogP contribution is -2.33. The van der Waals surface area contributed by atoms with Gasteiger partial charge in [-0.1, -0.05) is 18.2 Å². The molecular weight excluding hydrogens is 316 g/mol. The Balaban J connectivity index is 1.96. The fourth-order valence-electron chi connectivity index (χ4n) is 2.75. The highest BCUT2D eigenvalue weighted by molar-refractivity contribution is 5.80. The molecule has 1 aliphatic heterocycles. The third kappa shape index (κ3) is 3.32. The Kier molecular flexibility index (Phi) is 4.64. The Hall–Kier alpha value is -2.63. The smallest absolute Gasteiger partial charge is 0.315 e. The van der Waals surface area contributed by atoms with Gasteiger partial charge in [0.2, 0.25) is 0 Å². The lowest BCUT2D eigenvalue weighted by molar-refractivity contribution is -0.132. The molecule has 24 heavy (non-hydrogen) atoms. The molecule has 3 rings (SSSR count). The minimum atomic E-state index is -3.07. The van der Waals surface area contributed by atoms with Crippen molar-refractivity contribution in [2.45, 2.75) is 18.9 Å². The molecule has 0 spiro atoms. The van der Waals surface area contributed by atoms with Crippen LogP contribution < -0.4 is 14.8 Å². The summed E-state index contributed by atoms with van der Waals surface area (Å²) < 4.78 is 36.0. The summed E-state index contributed by atoms with van der Waals surface area (Å²) in [4.78, 5) is 11.5. The summed E-state index contributed by atoms with van der Waals surface area (Å²) >= 11 is 0. The van der Waals surface area contributed by atoms with Crippen molar-refractivity contribution in [3.63, 3.8) is 0 Å². The van der Waals surface area contributed by atoms with E-state index in [1.807, 2.05) is 12.1 Å². The van der Waals surface area contributed by atoms with Crippen molar-refractivity contribution < 1.29 is 23.0 Å². The van der Waals surface area contributed by atoms with Gasteiger partial charge >= 0.3 is 6.43 Å². The van der Waals surface area contributed by atoms with E-state index in [4.69, 9.17) is 9.47 Å². The molecule has 1 aliphatic rings. The average Bonchev–Trinajstić information content (AvgIpc) is 3.07. The SMILES string of the molecule is COc1ccc(C(NC(=O)C(F)F)c2ccc3c(c2)CCO3)cc1. The molecule has 0 aromatic heterocycles. The summed E-state index contributed by atoms with van der Waals surface area (Å²) in [6.45, 7) is 0.607. The van der Waals surface area contributed by atoms with E-state index in [0.717, 1.165) is 23.3 Å². The van der Waals surface area contributed by atoms with E-state index in [9.17, 15) is 13.6 Å². The molecule has 0 fully saturated rings. The van der Waals surface area contributed by atoms with Crippen molar-refractivity contribution >= 4 is 5.91 Å². The van der Waals surface area contributed by atoms with Gasteiger partial charge in [0.15, 0.2) is 0 Å². The zero-order valence-corrected chi connectivity index (χ0v) is 13.1. The summed E-state index contributed by atoms with van der Waals surface area (Å²) in [5.74, 6) is 0.153. The quantitative estimate of drug-likeness (QED) is 0.915. The largest absolute Gasteiger partial charge is 0.497 e. The first-order chi connectivity index (χ1) is 11.6. The number of carbonyl (C=O) groups is 1. The van der Waals surface area contributed by atoms with Crippen LogP contribution in [0.4, 0.5) is 8.78 Å². The van der Waals surface area contributed by atoms with Crippen LogP contribution in [-0.4, -0.2) is 26.0 Å². The Morgan fingerprint density at radius 3 is 2.54 bits per heavy atom. The molecule has 1 heterocycles. The standard InChI is InChI=1S/C18H17F2NO3/c1-23-14-5-2-11(3-6-14)16(21-18(22)17(19)20)13-4-7-15-12(10-13)8-9-24-15/h2-7,10,16-17H,8-9H2,1H3,(H,21,22). The minimum absolute atomic E-state index is 0.607. The predicted octanol–water partition coefficient (Wildman–Crippen LogP) is 3.10. The summed E-state index contributed by atoms with van der Waals surface area (Å²) in [6, 6.07) is 11.8. The molecule has 2 aromatic carbocycles. The number of fused-ring (bicyclic) bond motifs is 1. The second-order valence-corrected chi connectivity index (χ2v) is 5.48. The molecule has 4 nitrogen and oxygen atoms in total. The van der Waals surface area contributed by atoms with E-state index in [-0.39, 0.29) is 0 Å². The van der Waals surface area contributed by atoms with Gasteiger partial charge < -0.3 is 14.8 Å². The number of halogens is 2. The van der Waals surface area contributed by atoms with Crippen LogP contribution in [-0.2, 0) is 11.2 Å². The summed E-state index contributed by atoms with van der Waals surface area (Å²) in [5, 5.41) is 2.41. The third-order valence-electron chi connectivity index (χ3n) is 3.98. The second kappa shape index (κ2) is 6.86. The van der Waals surface area contributed by atoms with Crippen molar-refractivity contribution in [3.05, 3.63) is 59.2 Å². The van der Waals surface area contributed by atoms with Crippen LogP contribution in [0.25, 0.3) is 0 Å². The number of methoxy groups -OCH3 is 1. The van der Waals surface area contributed by atoms with E-state index in [0.29, 0.717) is 17.9 Å². The van der Waals surface area contributed by atoms with Gasteiger partial charge in [-0.15, -0.1) is 0 Å². The van der Waals surface area contributed by atoms with E-state index in [2.05, 4.69) is 5.32 Å². The topological polar surface area (TPSA) is 47.6 Å². The molecule has 1 unspecified atom stereocenters. The van der Waals surface area contributed by atoms with Crippen molar-refractivity contribution in [1.82, 2.24) is 5.32 Å². The highest BCUT2D eigenvalue weighted by Gasteiger charge is 2.24. The van der Waals surface area contributed by atoms with Crippen LogP contribution in [0.3, 0.4) is 0 Å². The van der Waals surface area contributed by atoms with Gasteiger partial charge in [-0.25, -0.2) is 0 Å². The van der Waals surface area contributed by atoms with Gasteiger partial charge in [0.05, 0.1) is 19.8 Å². The number of benzene rings is 2. The highest BCUT2D eigenvalue weighted by Crippen LogP contribution is 2.31. The summed E-state index contributed by atoms with van der Waals surface area (Å²) in [7, 11) is 1.55. The molecule has 0 bridgehead atoms. The Labute approximate surface area is 138 Å². The Morgan fingerprint density at radius 1 is 1.17 bits per heavy atom. The normalized spacial score (nSPS) is 14.0. The molecule has 126 valence electrons. The van der Waals surface area contributed by atoms with Crippen LogP contribution in [0, 0.1) is 0 Å². The number of nitrogens with one attached hydrogen (secondary N) is 1. The molecule has 0 saturated heterocycles. The maximum atomic E-state index is 12.7. The number of carbonyl (C=O) groups excluding carboxylic acids is 1. The van der Waals surface area contributed by atoms with Crippen LogP contribution in [0.2, 0.25) is 0 Å². The number of amides is 1. The van der Waals surface area contributed by atoms with Crippen molar-refractivity contribution in [3.8, 4) is 11.5 Å². The molecule has 0 aliphatic carbocycles. The van der Waals surface area contributed by atoms with Crippen LogP contribution in [0.15, 0.2) is 42.5 Å². The average molecular weight is 333 g/mol. The van der Waals surface area contributed by atoms with Gasteiger partial charge in [0.1, 0.15) is 11.5 Å². The van der Waals surface area contributed by atoms with Gasteiger partial charge in [0, 0.05) is 6.42 Å². The van der Waals surface area contributed by atoms with Crippen LogP contribution in [0.5, 0.6) is 11.5 Å². The summed E-state index contributed by atoms with van der Waals surface area (Å²) in [6.07, 6.45) is -2.30. The Morgan fingerprint density at radius 2 is 1.88 bits per heavy atom. The van der Waals surface area contributed by atoms with Crippen molar-refractivity contribution in [2.24, 2.45) is 0 Å². The van der Waals surface area contributed by atoms with Crippen LogP contribution in [0.1, 0.15) is 22.7 Å². The maximum absolute atomic E-state index is 12.7. The van der Waals surface area contributed by atoms with Gasteiger partial charge in [-0.3, -0.25) is 4.79 Å². The molecule has 2 aromatic rings. The Bertz CT molecular complexity index is 732. The zero-order chi connectivity index (χ0) is 17.1. The first kappa shape index (κ1) is 16.2. The number of hydrogen-bond acceptors (Lipinski definition) is 3. The van der Waals surface area contributed by atoms with Gasteiger partial charge in [-0.05, 0) is 41.0 Å². The first-order valence-electron chi connectivity index (χ1n) is 7.56. The maximum Gasteiger partial charge on any atom is 0.315 e. The monoisotopic (exact) mass is 333 g/mol. The molecule has 6 heteroatoms. The number of ether oxygens (including phenoxy) is 2. The number of hydrogen-bond donors (Lipinski definition) is 1. The molecule has 0 saturated carbocycles. The highest BCUT2D eigenvalue weighted by atomic mass is 19.3. The van der Waals surface area contributed by atoms with Crippen molar-refractivity contribution in [2.75, 3.05) is 13.7 Å². The van der Waals surface area contributed by atoms with E-state index in [1.54, 1.807) is 37.4 Å². The predicted molar refractivity (Wildman–Crippen MR) is 84.6 cm³/mol. The van der Waals surface area contributed by atoms with Crippen LogP contribution >= 0.6 is 0 Å². The zero-order valence-electron chi connectivity index (χ0n) is 13.1. The molecular formula is C18H17F2NO3. The summed E-state index contributed by atoms with van der Waals surface area (Å²) in [5.41, 5.74) is 2.44. The fraction of sp³-hybridized carbons (Fsp3) is 0.278. The number of alkyl halides is 2. The fourth-order valence-corrected chi connectivity index (χ4v) is 2.75. The van der Waals surface area contributed by atoms with Crippen molar-refractivity contribution in [1.29, 1.82) is 0 Å². The molecule has 1 atom stereocenters. The lowest BCUT2D eigenvalue weighted by atomic mass is 9.96.